The zero-order valence-corrected chi connectivity index (χ0v) is 16.1. The number of nitrogens with one attached hydrogen (secondary N) is 1. The van der Waals surface area contributed by atoms with Crippen molar-refractivity contribution in [1.29, 1.82) is 5.26 Å². The van der Waals surface area contributed by atoms with Crippen LogP contribution in [-0.2, 0) is 0 Å². The van der Waals surface area contributed by atoms with Crippen molar-refractivity contribution in [3.05, 3.63) is 87.3 Å². The van der Waals surface area contributed by atoms with Crippen LogP contribution >= 0.6 is 11.3 Å². The first-order valence-electron chi connectivity index (χ1n) is 8.61. The molecule has 29 heavy (non-hydrogen) atoms. The summed E-state index contributed by atoms with van der Waals surface area (Å²) < 4.78 is 7.12. The minimum absolute atomic E-state index is 0.0767. The molecular weight excluding hydrogens is 388 g/mol. The van der Waals surface area contributed by atoms with Crippen molar-refractivity contribution in [3.8, 4) is 17.6 Å². The number of para-hydroxylation sites is 1. The van der Waals surface area contributed by atoms with Gasteiger partial charge in [-0.05, 0) is 37.3 Å². The van der Waals surface area contributed by atoms with Crippen LogP contribution < -0.4 is 15.6 Å². The lowest BCUT2D eigenvalue weighted by atomic mass is 10.2. The van der Waals surface area contributed by atoms with Crippen LogP contribution in [0.4, 0.5) is 5.69 Å². The molecule has 0 fully saturated rings. The fourth-order valence-electron chi connectivity index (χ4n) is 2.78. The Balaban J connectivity index is 1.60. The van der Waals surface area contributed by atoms with Gasteiger partial charge in [0.2, 0.25) is 0 Å². The Morgan fingerprint density at radius 1 is 1.24 bits per heavy atom. The zero-order valence-electron chi connectivity index (χ0n) is 15.2. The van der Waals surface area contributed by atoms with Gasteiger partial charge >= 0.3 is 0 Å². The van der Waals surface area contributed by atoms with E-state index in [1.165, 1.54) is 28.0 Å². The zero-order chi connectivity index (χ0) is 20.4. The van der Waals surface area contributed by atoms with E-state index in [1.54, 1.807) is 36.6 Å². The third-order valence-corrected chi connectivity index (χ3v) is 5.15. The monoisotopic (exact) mass is 402 g/mol. The number of fused-ring (bicyclic) bond motifs is 1. The first-order chi connectivity index (χ1) is 14.1. The largest absolute Gasteiger partial charge is 0.456 e. The quantitative estimate of drug-likeness (QED) is 0.557. The average Bonchev–Trinajstić information content (AvgIpc) is 3.11. The van der Waals surface area contributed by atoms with Crippen LogP contribution in [0.5, 0.6) is 11.5 Å². The molecule has 0 aliphatic rings. The number of hydrogen-bond acceptors (Lipinski definition) is 6. The number of nitriles is 1. The van der Waals surface area contributed by atoms with Gasteiger partial charge < -0.3 is 10.1 Å². The SMILES string of the molecule is Cc1csc2ncc(C(=O)Nc3ccc(Oc4ccccc4)c(C#N)c3)c(=O)n12. The van der Waals surface area contributed by atoms with Crippen LogP contribution in [0.3, 0.4) is 0 Å². The summed E-state index contributed by atoms with van der Waals surface area (Å²) in [5, 5.41) is 13.9. The first-order valence-corrected chi connectivity index (χ1v) is 9.49. The van der Waals surface area contributed by atoms with Crippen molar-refractivity contribution in [2.24, 2.45) is 0 Å². The number of thiazole rings is 1. The van der Waals surface area contributed by atoms with Gasteiger partial charge in [-0.2, -0.15) is 5.26 Å². The second-order valence-electron chi connectivity index (χ2n) is 6.16. The lowest BCUT2D eigenvalue weighted by molar-refractivity contribution is 0.102. The molecule has 8 heteroatoms. The molecule has 0 atom stereocenters. The van der Waals surface area contributed by atoms with Gasteiger partial charge in [-0.15, -0.1) is 11.3 Å². The Hall–Kier alpha value is -3.96. The summed E-state index contributed by atoms with van der Waals surface area (Å²) in [6.45, 7) is 1.78. The van der Waals surface area contributed by atoms with Crippen LogP contribution in [0.25, 0.3) is 4.96 Å². The molecule has 4 aromatic rings. The highest BCUT2D eigenvalue weighted by molar-refractivity contribution is 7.15. The van der Waals surface area contributed by atoms with Crippen LogP contribution in [-0.4, -0.2) is 15.3 Å². The molecule has 2 aromatic carbocycles. The van der Waals surface area contributed by atoms with E-state index in [4.69, 9.17) is 4.74 Å². The highest BCUT2D eigenvalue weighted by atomic mass is 32.1. The maximum Gasteiger partial charge on any atom is 0.271 e. The fourth-order valence-corrected chi connectivity index (χ4v) is 3.61. The number of aromatic nitrogens is 2. The Morgan fingerprint density at radius 2 is 2.03 bits per heavy atom. The third-order valence-electron chi connectivity index (χ3n) is 4.19. The van der Waals surface area contributed by atoms with Crippen molar-refractivity contribution in [3.63, 3.8) is 0 Å². The average molecular weight is 402 g/mol. The smallest absolute Gasteiger partial charge is 0.271 e. The lowest BCUT2D eigenvalue weighted by Gasteiger charge is -2.10. The number of rotatable bonds is 4. The van der Waals surface area contributed by atoms with E-state index in [0.29, 0.717) is 27.8 Å². The van der Waals surface area contributed by atoms with Gasteiger partial charge in [0.15, 0.2) is 4.96 Å². The topological polar surface area (TPSA) is 96.5 Å². The van der Waals surface area contributed by atoms with Crippen molar-refractivity contribution in [1.82, 2.24) is 9.38 Å². The van der Waals surface area contributed by atoms with Crippen molar-refractivity contribution < 1.29 is 9.53 Å². The number of amides is 1. The summed E-state index contributed by atoms with van der Waals surface area (Å²) in [6.07, 6.45) is 1.26. The maximum atomic E-state index is 12.6. The summed E-state index contributed by atoms with van der Waals surface area (Å²) in [5.74, 6) is 0.371. The molecule has 2 heterocycles. The Bertz CT molecular complexity index is 1320. The molecular formula is C21H14N4O3S. The minimum atomic E-state index is -0.594. The van der Waals surface area contributed by atoms with E-state index in [-0.39, 0.29) is 11.1 Å². The maximum absolute atomic E-state index is 12.6. The van der Waals surface area contributed by atoms with Gasteiger partial charge in [0.25, 0.3) is 11.5 Å². The number of anilines is 1. The second kappa shape index (κ2) is 7.58. The van der Waals surface area contributed by atoms with E-state index in [1.807, 2.05) is 18.2 Å². The highest BCUT2D eigenvalue weighted by Crippen LogP contribution is 2.27. The van der Waals surface area contributed by atoms with E-state index in [9.17, 15) is 14.9 Å². The molecule has 2 aromatic heterocycles. The normalized spacial score (nSPS) is 10.5. The third kappa shape index (κ3) is 3.59. The number of benzene rings is 2. The van der Waals surface area contributed by atoms with Crippen molar-refractivity contribution in [2.45, 2.75) is 6.92 Å². The van der Waals surface area contributed by atoms with Crippen LogP contribution in [0, 0.1) is 18.3 Å². The fraction of sp³-hybridized carbons (Fsp3) is 0.0476. The van der Waals surface area contributed by atoms with Crippen LogP contribution in [0.15, 0.2) is 64.9 Å². The van der Waals surface area contributed by atoms with Crippen molar-refractivity contribution >= 4 is 27.9 Å². The van der Waals surface area contributed by atoms with E-state index >= 15 is 0 Å². The molecule has 0 bridgehead atoms. The number of ether oxygens (including phenoxy) is 1. The predicted molar refractivity (Wildman–Crippen MR) is 110 cm³/mol. The summed E-state index contributed by atoms with van der Waals surface area (Å²) in [4.78, 5) is 29.9. The molecule has 142 valence electrons. The molecule has 0 aliphatic carbocycles. The molecule has 0 saturated carbocycles. The molecule has 0 radical (unpaired) electrons. The van der Waals surface area contributed by atoms with E-state index in [2.05, 4.69) is 16.4 Å². The highest BCUT2D eigenvalue weighted by Gasteiger charge is 2.16. The van der Waals surface area contributed by atoms with Crippen molar-refractivity contribution in [2.75, 3.05) is 5.32 Å². The summed E-state index contributed by atoms with van der Waals surface area (Å²) in [6, 6.07) is 15.8. The molecule has 1 N–H and O–H groups in total. The van der Waals surface area contributed by atoms with Crippen LogP contribution in [0.1, 0.15) is 21.6 Å². The summed E-state index contributed by atoms with van der Waals surface area (Å²) >= 11 is 1.33. The number of hydrogen-bond donors (Lipinski definition) is 1. The molecule has 0 unspecified atom stereocenters. The summed E-state index contributed by atoms with van der Waals surface area (Å²) in [5.41, 5.74) is 0.832. The summed E-state index contributed by atoms with van der Waals surface area (Å²) in [7, 11) is 0. The van der Waals surface area contributed by atoms with Gasteiger partial charge in [-0.1, -0.05) is 18.2 Å². The van der Waals surface area contributed by atoms with Gasteiger partial charge in [0, 0.05) is 23.0 Å². The molecule has 4 rings (SSSR count). The molecule has 1 amide bonds. The number of carbonyl (C=O) groups excluding carboxylic acids is 1. The molecule has 0 saturated heterocycles. The van der Waals surface area contributed by atoms with Gasteiger partial charge in [-0.3, -0.25) is 14.0 Å². The lowest BCUT2D eigenvalue weighted by Crippen LogP contribution is -2.26. The Labute approximate surface area is 169 Å². The second-order valence-corrected chi connectivity index (χ2v) is 7.00. The molecule has 7 nitrogen and oxygen atoms in total. The number of aryl methyl sites for hydroxylation is 1. The molecule has 0 spiro atoms. The van der Waals surface area contributed by atoms with Crippen LogP contribution in [0.2, 0.25) is 0 Å². The van der Waals surface area contributed by atoms with E-state index < -0.39 is 11.5 Å². The number of nitrogens with zero attached hydrogens (tertiary/aromatic N) is 3. The van der Waals surface area contributed by atoms with Gasteiger partial charge in [0.1, 0.15) is 23.1 Å². The van der Waals surface area contributed by atoms with Gasteiger partial charge in [-0.25, -0.2) is 4.98 Å². The number of carbonyl (C=O) groups is 1. The van der Waals surface area contributed by atoms with E-state index in [0.717, 1.165) is 0 Å². The Morgan fingerprint density at radius 3 is 2.79 bits per heavy atom. The first kappa shape index (κ1) is 18.4. The molecule has 0 aliphatic heterocycles. The van der Waals surface area contributed by atoms with Gasteiger partial charge in [0.05, 0.1) is 5.56 Å². The standard InChI is InChI=1S/C21H14N4O3S/c1-13-12-29-21-23-11-17(20(27)25(13)21)19(26)24-15-7-8-18(14(9-15)10-22)28-16-5-3-2-4-6-16/h2-9,11-12H,1H3,(H,24,26). The Kier molecular flexibility index (Phi) is 4.81. The predicted octanol–water partition coefficient (Wildman–Crippen LogP) is 3.98. The minimum Gasteiger partial charge on any atom is -0.456 e.